The van der Waals surface area contributed by atoms with Crippen molar-refractivity contribution in [2.45, 2.75) is 48.6 Å². The molecule has 174 valence electrons. The molecular weight excluding hydrogens is 449 g/mol. The molecule has 0 N–H and O–H groups in total. The number of carbonyl (C=O) groups excluding carboxylic acids is 1. The molecule has 29 heavy (non-hydrogen) atoms. The molecule has 0 rings (SSSR count). The highest BCUT2D eigenvalue weighted by Crippen LogP contribution is 2.60. The largest absolute Gasteiger partial charge is 0.544 e. The quantitative estimate of drug-likeness (QED) is 0.369. The van der Waals surface area contributed by atoms with E-state index in [0.29, 0.717) is 0 Å². The molecule has 0 aromatic heterocycles. The number of likely N-dealkylation sites (N-methyl/N-ethyl adjacent to an activating group) is 1. The molecular formula is C13H14F13NO2. The molecule has 0 aromatic carbocycles. The van der Waals surface area contributed by atoms with E-state index in [-0.39, 0.29) is 0 Å². The number of alkyl halides is 13. The van der Waals surface area contributed by atoms with Gasteiger partial charge >= 0.3 is 35.8 Å². The van der Waals surface area contributed by atoms with Crippen molar-refractivity contribution in [2.75, 3.05) is 27.2 Å². The Hall–Kier alpha value is -1.48. The maximum atomic E-state index is 13.5. The standard InChI is InChI=1S/C13H14F13NO2/c1-27(2,6-7(28)29)5-3-4-8(14,15)9(16,17)10(18,19)11(20,21)12(22,23)13(24,25)26/h3-6H2,1-2H3. The van der Waals surface area contributed by atoms with Crippen LogP contribution in [0, 0.1) is 0 Å². The zero-order valence-corrected chi connectivity index (χ0v) is 14.5. The predicted molar refractivity (Wildman–Crippen MR) is 66.9 cm³/mol. The number of hydrogen-bond acceptors (Lipinski definition) is 2. The summed E-state index contributed by atoms with van der Waals surface area (Å²) in [5, 5.41) is 10.4. The number of carboxylic acids is 1. The highest BCUT2D eigenvalue weighted by atomic mass is 19.4. The summed E-state index contributed by atoms with van der Waals surface area (Å²) in [5.74, 6) is -38.7. The third-order valence-electron chi connectivity index (χ3n) is 3.81. The first-order chi connectivity index (χ1) is 12.4. The van der Waals surface area contributed by atoms with Crippen LogP contribution in [0.5, 0.6) is 0 Å². The fraction of sp³-hybridized carbons (Fsp3) is 0.923. The average molecular weight is 463 g/mol. The second-order valence-electron chi connectivity index (χ2n) is 6.79. The van der Waals surface area contributed by atoms with Crippen molar-refractivity contribution in [1.29, 1.82) is 0 Å². The molecule has 0 heterocycles. The number of nitrogens with zero attached hydrogens (tertiary/aromatic N) is 1. The van der Waals surface area contributed by atoms with Gasteiger partial charge in [-0.2, -0.15) is 57.1 Å². The molecule has 0 saturated carbocycles. The average Bonchev–Trinajstić information content (AvgIpc) is 2.42. The van der Waals surface area contributed by atoms with Gasteiger partial charge in [0.1, 0.15) is 6.54 Å². The second-order valence-corrected chi connectivity index (χ2v) is 6.79. The van der Waals surface area contributed by atoms with Crippen LogP contribution in [0.3, 0.4) is 0 Å². The number of carboxylic acid groups (broad SMARTS) is 1. The Morgan fingerprint density at radius 1 is 0.724 bits per heavy atom. The van der Waals surface area contributed by atoms with E-state index >= 15 is 0 Å². The number of hydrogen-bond donors (Lipinski definition) is 0. The van der Waals surface area contributed by atoms with Gasteiger partial charge in [-0.1, -0.05) is 0 Å². The number of quaternary nitrogens is 1. The summed E-state index contributed by atoms with van der Waals surface area (Å²) in [6, 6.07) is 0. The number of rotatable bonds is 10. The molecule has 0 saturated heterocycles. The maximum Gasteiger partial charge on any atom is 0.460 e. The number of aliphatic carboxylic acids is 1. The Bertz CT molecular complexity index is 598. The molecule has 0 fully saturated rings. The van der Waals surface area contributed by atoms with Crippen LogP contribution in [-0.4, -0.2) is 73.4 Å². The lowest BCUT2D eigenvalue weighted by Gasteiger charge is -2.40. The fourth-order valence-corrected chi connectivity index (χ4v) is 2.12. The van der Waals surface area contributed by atoms with E-state index < -0.39 is 72.2 Å². The van der Waals surface area contributed by atoms with Crippen LogP contribution < -0.4 is 5.11 Å². The Balaban J connectivity index is 5.74. The van der Waals surface area contributed by atoms with Crippen molar-refractivity contribution in [3.8, 4) is 0 Å². The van der Waals surface area contributed by atoms with Crippen LogP contribution in [-0.2, 0) is 4.79 Å². The van der Waals surface area contributed by atoms with Crippen molar-refractivity contribution in [2.24, 2.45) is 0 Å². The topological polar surface area (TPSA) is 40.1 Å². The van der Waals surface area contributed by atoms with Crippen LogP contribution in [0.2, 0.25) is 0 Å². The van der Waals surface area contributed by atoms with Crippen LogP contribution in [0.15, 0.2) is 0 Å². The summed E-state index contributed by atoms with van der Waals surface area (Å²) in [6.07, 6.45) is -11.0. The highest BCUT2D eigenvalue weighted by molar-refractivity contribution is 5.65. The van der Waals surface area contributed by atoms with Gasteiger partial charge in [0.25, 0.3) is 0 Å². The van der Waals surface area contributed by atoms with Gasteiger partial charge in [-0.3, -0.25) is 0 Å². The number of halogens is 13. The molecule has 16 heteroatoms. The smallest absolute Gasteiger partial charge is 0.460 e. The summed E-state index contributed by atoms with van der Waals surface area (Å²) in [5.41, 5.74) is 0. The SMILES string of the molecule is C[N+](C)(CCCC(F)(F)C(F)(F)C(F)(F)C(F)(F)C(F)(F)C(F)(F)F)CC(=O)[O-]. The van der Waals surface area contributed by atoms with Crippen molar-refractivity contribution >= 4 is 5.97 Å². The lowest BCUT2D eigenvalue weighted by Crippen LogP contribution is -2.70. The molecule has 0 bridgehead atoms. The second kappa shape index (κ2) is 7.65. The van der Waals surface area contributed by atoms with Crippen molar-refractivity contribution in [3.05, 3.63) is 0 Å². The first-order valence-corrected chi connectivity index (χ1v) is 7.35. The monoisotopic (exact) mass is 463 g/mol. The van der Waals surface area contributed by atoms with E-state index in [0.717, 1.165) is 14.1 Å². The van der Waals surface area contributed by atoms with Crippen molar-refractivity contribution in [3.63, 3.8) is 0 Å². The molecule has 0 spiro atoms. The molecule has 0 amide bonds. The lowest BCUT2D eigenvalue weighted by atomic mass is 9.92. The maximum absolute atomic E-state index is 13.5. The van der Waals surface area contributed by atoms with Gasteiger partial charge < -0.3 is 14.4 Å². The third kappa shape index (κ3) is 4.99. The zero-order valence-electron chi connectivity index (χ0n) is 14.5. The molecule has 0 radical (unpaired) electrons. The molecule has 0 aliphatic heterocycles. The Kier molecular flexibility index (Phi) is 7.26. The van der Waals surface area contributed by atoms with Crippen LogP contribution in [0.1, 0.15) is 12.8 Å². The molecule has 3 nitrogen and oxygen atoms in total. The Morgan fingerprint density at radius 3 is 1.45 bits per heavy atom. The van der Waals surface area contributed by atoms with Crippen molar-refractivity contribution in [1.82, 2.24) is 0 Å². The van der Waals surface area contributed by atoms with Gasteiger partial charge in [0.2, 0.25) is 0 Å². The Morgan fingerprint density at radius 2 is 1.10 bits per heavy atom. The molecule has 0 aliphatic rings. The minimum Gasteiger partial charge on any atom is -0.544 e. The normalized spacial score (nSPS) is 15.6. The molecule has 0 aliphatic carbocycles. The van der Waals surface area contributed by atoms with Gasteiger partial charge in [0, 0.05) is 12.8 Å². The molecule has 0 unspecified atom stereocenters. The van der Waals surface area contributed by atoms with Crippen LogP contribution in [0.25, 0.3) is 0 Å². The summed E-state index contributed by atoms with van der Waals surface area (Å²) in [4.78, 5) is 10.4. The van der Waals surface area contributed by atoms with Crippen LogP contribution in [0.4, 0.5) is 57.1 Å². The summed E-state index contributed by atoms with van der Waals surface area (Å²) >= 11 is 0. The van der Waals surface area contributed by atoms with E-state index in [4.69, 9.17) is 0 Å². The van der Waals surface area contributed by atoms with Gasteiger partial charge in [-0.05, 0) is 0 Å². The minimum atomic E-state index is -7.92. The predicted octanol–water partition coefficient (Wildman–Crippen LogP) is 3.33. The fourth-order valence-electron chi connectivity index (χ4n) is 2.12. The molecule has 0 atom stereocenters. The number of carbonyl (C=O) groups is 1. The van der Waals surface area contributed by atoms with E-state index in [1.165, 1.54) is 0 Å². The van der Waals surface area contributed by atoms with Crippen LogP contribution >= 0.6 is 0 Å². The summed E-state index contributed by atoms with van der Waals surface area (Å²) in [7, 11) is 2.11. The van der Waals surface area contributed by atoms with E-state index in [2.05, 4.69) is 0 Å². The molecule has 0 aromatic rings. The first-order valence-electron chi connectivity index (χ1n) is 7.35. The Labute approximate surface area is 154 Å². The summed E-state index contributed by atoms with van der Waals surface area (Å²) < 4.78 is 167. The van der Waals surface area contributed by atoms with E-state index in [1.54, 1.807) is 0 Å². The van der Waals surface area contributed by atoms with Crippen molar-refractivity contribution < 1.29 is 71.5 Å². The third-order valence-corrected chi connectivity index (χ3v) is 3.81. The van der Waals surface area contributed by atoms with Gasteiger partial charge in [0.05, 0.1) is 26.6 Å². The zero-order chi connectivity index (χ0) is 23.9. The van der Waals surface area contributed by atoms with Gasteiger partial charge in [-0.15, -0.1) is 0 Å². The van der Waals surface area contributed by atoms with E-state index in [1.807, 2.05) is 0 Å². The minimum absolute atomic E-state index is 0.706. The van der Waals surface area contributed by atoms with E-state index in [9.17, 15) is 67.0 Å². The van der Waals surface area contributed by atoms with Gasteiger partial charge in [0.15, 0.2) is 0 Å². The first kappa shape index (κ1) is 27.5. The van der Waals surface area contributed by atoms with Gasteiger partial charge in [-0.25, -0.2) is 0 Å². The lowest BCUT2D eigenvalue weighted by molar-refractivity contribution is -0.885. The summed E-state index contributed by atoms with van der Waals surface area (Å²) in [6.45, 7) is -1.58. The highest BCUT2D eigenvalue weighted by Gasteiger charge is 2.90.